The first kappa shape index (κ1) is 12.9. The van der Waals surface area contributed by atoms with E-state index in [0.29, 0.717) is 5.41 Å². The lowest BCUT2D eigenvalue weighted by atomic mass is 9.70. The van der Waals surface area contributed by atoms with Crippen molar-refractivity contribution in [2.75, 3.05) is 26.2 Å². The van der Waals surface area contributed by atoms with E-state index >= 15 is 0 Å². The molecule has 18 heavy (non-hydrogen) atoms. The lowest BCUT2D eigenvalue weighted by molar-refractivity contribution is 0.103. The van der Waals surface area contributed by atoms with Gasteiger partial charge in [0.1, 0.15) is 0 Å². The molecule has 3 fully saturated rings. The van der Waals surface area contributed by atoms with Crippen molar-refractivity contribution < 1.29 is 0 Å². The van der Waals surface area contributed by atoms with Crippen molar-refractivity contribution in [3.63, 3.8) is 0 Å². The number of fused-ring (bicyclic) bond motifs is 1. The minimum absolute atomic E-state index is 0.463. The van der Waals surface area contributed by atoms with Gasteiger partial charge in [0.2, 0.25) is 0 Å². The first-order valence-corrected chi connectivity index (χ1v) is 8.13. The molecule has 104 valence electrons. The summed E-state index contributed by atoms with van der Waals surface area (Å²) in [4.78, 5) is 2.76. The third kappa shape index (κ3) is 2.46. The number of hydrogen-bond acceptors (Lipinski definition) is 2. The standard InChI is InChI=1S/C16H30N2/c1-13-5-7-16(11-17,8-6-13)12-18-9-14-3-2-4-15(14)10-18/h13-15H,2-12,17H2,1H3. The van der Waals surface area contributed by atoms with E-state index in [-0.39, 0.29) is 0 Å². The monoisotopic (exact) mass is 250 g/mol. The van der Waals surface area contributed by atoms with Crippen molar-refractivity contribution in [2.45, 2.75) is 51.9 Å². The summed E-state index contributed by atoms with van der Waals surface area (Å²) in [7, 11) is 0. The maximum atomic E-state index is 6.15. The highest BCUT2D eigenvalue weighted by Crippen LogP contribution is 2.42. The lowest BCUT2D eigenvalue weighted by Gasteiger charge is -2.41. The van der Waals surface area contributed by atoms with Gasteiger partial charge in [0, 0.05) is 19.6 Å². The van der Waals surface area contributed by atoms with Gasteiger partial charge in [-0.05, 0) is 55.4 Å². The Morgan fingerprint density at radius 3 is 2.22 bits per heavy atom. The molecule has 1 heterocycles. The molecule has 0 spiro atoms. The summed E-state index contributed by atoms with van der Waals surface area (Å²) in [5, 5.41) is 0. The molecule has 2 saturated carbocycles. The van der Waals surface area contributed by atoms with Crippen LogP contribution in [0.4, 0.5) is 0 Å². The third-order valence-electron chi connectivity index (χ3n) is 6.13. The zero-order valence-corrected chi connectivity index (χ0v) is 12.0. The van der Waals surface area contributed by atoms with Gasteiger partial charge in [-0.1, -0.05) is 26.2 Å². The highest BCUT2D eigenvalue weighted by Gasteiger charge is 2.40. The van der Waals surface area contributed by atoms with Gasteiger partial charge in [-0.25, -0.2) is 0 Å². The molecule has 0 aromatic heterocycles. The summed E-state index contributed by atoms with van der Waals surface area (Å²) in [6.45, 7) is 7.36. The van der Waals surface area contributed by atoms with E-state index in [1.165, 1.54) is 64.6 Å². The molecule has 0 radical (unpaired) electrons. The lowest BCUT2D eigenvalue weighted by Crippen LogP contribution is -2.44. The highest BCUT2D eigenvalue weighted by molar-refractivity contribution is 4.94. The largest absolute Gasteiger partial charge is 0.330 e. The van der Waals surface area contributed by atoms with Gasteiger partial charge in [0.05, 0.1) is 0 Å². The highest BCUT2D eigenvalue weighted by atomic mass is 15.2. The number of nitrogens with two attached hydrogens (primary N) is 1. The van der Waals surface area contributed by atoms with Crippen molar-refractivity contribution >= 4 is 0 Å². The Bertz CT molecular complexity index is 269. The molecule has 2 aliphatic carbocycles. The fourth-order valence-electron chi connectivity index (χ4n) is 4.74. The van der Waals surface area contributed by atoms with E-state index in [9.17, 15) is 0 Å². The minimum atomic E-state index is 0.463. The van der Waals surface area contributed by atoms with Gasteiger partial charge >= 0.3 is 0 Å². The van der Waals surface area contributed by atoms with Crippen LogP contribution in [0, 0.1) is 23.2 Å². The normalized spacial score (nSPS) is 45.3. The molecule has 1 saturated heterocycles. The fraction of sp³-hybridized carbons (Fsp3) is 1.00. The second-order valence-corrected chi connectivity index (χ2v) is 7.53. The molecule has 0 amide bonds. The van der Waals surface area contributed by atoms with Crippen LogP contribution in [0.1, 0.15) is 51.9 Å². The Labute approximate surface area is 112 Å². The molecule has 3 aliphatic rings. The van der Waals surface area contributed by atoms with E-state index in [1.54, 1.807) is 0 Å². The Morgan fingerprint density at radius 1 is 1.06 bits per heavy atom. The molecule has 2 atom stereocenters. The smallest absolute Gasteiger partial charge is 0.00503 e. The summed E-state index contributed by atoms with van der Waals surface area (Å²) in [5.74, 6) is 2.99. The first-order valence-electron chi connectivity index (χ1n) is 8.13. The number of likely N-dealkylation sites (tertiary alicyclic amines) is 1. The van der Waals surface area contributed by atoms with Crippen molar-refractivity contribution in [1.29, 1.82) is 0 Å². The van der Waals surface area contributed by atoms with Gasteiger partial charge in [0.15, 0.2) is 0 Å². The molecule has 2 N–H and O–H groups in total. The van der Waals surface area contributed by atoms with Gasteiger partial charge in [0.25, 0.3) is 0 Å². The molecule has 2 heteroatoms. The maximum Gasteiger partial charge on any atom is 0.00503 e. The van der Waals surface area contributed by atoms with Crippen LogP contribution in [-0.4, -0.2) is 31.1 Å². The fourth-order valence-corrected chi connectivity index (χ4v) is 4.74. The van der Waals surface area contributed by atoms with Crippen LogP contribution >= 0.6 is 0 Å². The molecule has 2 nitrogen and oxygen atoms in total. The molecule has 3 rings (SSSR count). The van der Waals surface area contributed by atoms with Crippen LogP contribution in [0.5, 0.6) is 0 Å². The summed E-state index contributed by atoms with van der Waals surface area (Å²) >= 11 is 0. The second kappa shape index (κ2) is 5.13. The van der Waals surface area contributed by atoms with Crippen LogP contribution in [-0.2, 0) is 0 Å². The van der Waals surface area contributed by atoms with Crippen LogP contribution in [0.3, 0.4) is 0 Å². The van der Waals surface area contributed by atoms with Crippen molar-refractivity contribution in [2.24, 2.45) is 28.9 Å². The summed E-state index contributed by atoms with van der Waals surface area (Å²) in [5.41, 5.74) is 6.61. The molecular formula is C16H30N2. The van der Waals surface area contributed by atoms with Crippen LogP contribution in [0.2, 0.25) is 0 Å². The zero-order chi connectivity index (χ0) is 12.6. The Hall–Kier alpha value is -0.0800. The quantitative estimate of drug-likeness (QED) is 0.834. The van der Waals surface area contributed by atoms with Gasteiger partial charge in [-0.15, -0.1) is 0 Å². The Kier molecular flexibility index (Phi) is 3.68. The predicted octanol–water partition coefficient (Wildman–Crippen LogP) is 2.87. The Balaban J connectivity index is 1.57. The van der Waals surface area contributed by atoms with Crippen molar-refractivity contribution in [3.05, 3.63) is 0 Å². The zero-order valence-electron chi connectivity index (χ0n) is 12.0. The van der Waals surface area contributed by atoms with Gasteiger partial charge < -0.3 is 10.6 Å². The topological polar surface area (TPSA) is 29.3 Å². The van der Waals surface area contributed by atoms with Crippen LogP contribution in [0.15, 0.2) is 0 Å². The Morgan fingerprint density at radius 2 is 1.67 bits per heavy atom. The number of hydrogen-bond donors (Lipinski definition) is 1. The average Bonchev–Trinajstić information content (AvgIpc) is 2.93. The van der Waals surface area contributed by atoms with E-state index in [1.807, 2.05) is 0 Å². The van der Waals surface area contributed by atoms with Crippen LogP contribution in [0.25, 0.3) is 0 Å². The second-order valence-electron chi connectivity index (χ2n) is 7.53. The number of rotatable bonds is 3. The molecule has 0 bridgehead atoms. The first-order chi connectivity index (χ1) is 8.71. The maximum absolute atomic E-state index is 6.15. The van der Waals surface area contributed by atoms with E-state index in [2.05, 4.69) is 11.8 Å². The van der Waals surface area contributed by atoms with E-state index in [4.69, 9.17) is 5.73 Å². The SMILES string of the molecule is CC1CCC(CN)(CN2CC3CCCC3C2)CC1. The van der Waals surface area contributed by atoms with Gasteiger partial charge in [-0.2, -0.15) is 0 Å². The summed E-state index contributed by atoms with van der Waals surface area (Å²) in [6.07, 6.45) is 10.0. The van der Waals surface area contributed by atoms with Crippen LogP contribution < -0.4 is 5.73 Å². The summed E-state index contributed by atoms with van der Waals surface area (Å²) < 4.78 is 0. The molecule has 0 aromatic carbocycles. The molecular weight excluding hydrogens is 220 g/mol. The van der Waals surface area contributed by atoms with E-state index in [0.717, 1.165) is 24.3 Å². The van der Waals surface area contributed by atoms with E-state index < -0.39 is 0 Å². The third-order valence-corrected chi connectivity index (χ3v) is 6.13. The van der Waals surface area contributed by atoms with Gasteiger partial charge in [-0.3, -0.25) is 0 Å². The predicted molar refractivity (Wildman–Crippen MR) is 76.4 cm³/mol. The van der Waals surface area contributed by atoms with Crippen molar-refractivity contribution in [3.8, 4) is 0 Å². The number of nitrogens with zero attached hydrogens (tertiary/aromatic N) is 1. The van der Waals surface area contributed by atoms with Crippen molar-refractivity contribution in [1.82, 2.24) is 4.90 Å². The minimum Gasteiger partial charge on any atom is -0.330 e. The molecule has 2 unspecified atom stereocenters. The molecule has 0 aromatic rings. The summed E-state index contributed by atoms with van der Waals surface area (Å²) in [6, 6.07) is 0. The average molecular weight is 250 g/mol. The molecule has 1 aliphatic heterocycles.